The van der Waals surface area contributed by atoms with Gasteiger partial charge in [-0.25, -0.2) is 4.79 Å². The summed E-state index contributed by atoms with van der Waals surface area (Å²) in [6.45, 7) is 12.2. The van der Waals surface area contributed by atoms with Gasteiger partial charge in [0.05, 0.1) is 28.5 Å². The number of allylic oxidation sites excluding steroid dienone is 6. The Kier molecular flexibility index (Phi) is 19.1. The molecule has 14 nitrogen and oxygen atoms in total. The fourth-order valence-electron chi connectivity index (χ4n) is 9.98. The highest BCUT2D eigenvalue weighted by Gasteiger charge is 2.53. The molecule has 3 N–H and O–H groups in total. The molecule has 1 saturated carbocycles. The molecule has 2 saturated heterocycles. The van der Waals surface area contributed by atoms with Gasteiger partial charge in [-0.05, 0) is 107 Å². The first-order valence-electron chi connectivity index (χ1n) is 25.2. The van der Waals surface area contributed by atoms with Crippen LogP contribution in [-0.4, -0.2) is 132 Å². The number of ketones is 3. The van der Waals surface area contributed by atoms with Crippen LogP contribution < -0.4 is 0 Å². The van der Waals surface area contributed by atoms with Crippen molar-refractivity contribution in [2.75, 3.05) is 27.8 Å². The van der Waals surface area contributed by atoms with Crippen LogP contribution in [0.1, 0.15) is 130 Å². The van der Waals surface area contributed by atoms with Gasteiger partial charge in [-0.2, -0.15) is 0 Å². The summed E-state index contributed by atoms with van der Waals surface area (Å²) in [4.78, 5) is 71.9. The van der Waals surface area contributed by atoms with Crippen molar-refractivity contribution in [3.8, 4) is 0 Å². The van der Waals surface area contributed by atoms with Crippen LogP contribution in [0, 0.1) is 35.5 Å². The van der Waals surface area contributed by atoms with Crippen molar-refractivity contribution in [3.05, 3.63) is 47.6 Å². The van der Waals surface area contributed by atoms with Crippen LogP contribution in [0.3, 0.4) is 0 Å². The average Bonchev–Trinajstić information content (AvgIpc) is 3.28. The summed E-state index contributed by atoms with van der Waals surface area (Å²) < 4.78 is 52.5. The molecule has 15 atom stereocenters. The highest BCUT2D eigenvalue weighted by Crippen LogP contribution is 2.38. The molecule has 2 bridgehead atoms. The van der Waals surface area contributed by atoms with Crippen LogP contribution in [0.15, 0.2) is 47.6 Å². The first kappa shape index (κ1) is 49.5. The number of fused-ring (bicyclic) bond motifs is 3. The van der Waals surface area contributed by atoms with Gasteiger partial charge in [0.15, 0.2) is 5.78 Å². The summed E-state index contributed by atoms with van der Waals surface area (Å²) in [6, 6.07) is -1.21. The first-order valence-corrected chi connectivity index (χ1v) is 23.7. The minimum absolute atomic E-state index is 0.0213. The first-order chi connectivity index (χ1) is 31.9. The number of carbonyl (C=O) groups is 5. The number of carbonyl (C=O) groups excluding carboxylic acids is 5. The standard InChI is InChI=1S/C51H79NO13/c1-30-16-12-11-13-17-31(2)42(61-8)28-38-21-19-36(7)51(60,65-38)48(57)49(58)52-23-15-14-18-39(52)50(59)64-43(33(4)26-37-20-22-40(53)44(27-37)62-9)29-41(54)32(3)25-35(6)46(56)47(63-10)45(55)34(5)24-30/h11-13,16-17,25,30,32-34,36-40,42-44,46-47,53,56,60H,14-15,18-24,26-29H2,1-10H3/b13-11?,16-12+,31-17?,35-25+/t30-,32-,33-,34-,36-,37+,38+,39+,40-,42+,43+,44-,46-,47+,51-/m1/s1/i8D3. The third-order valence-electron chi connectivity index (χ3n) is 14.3. The van der Waals surface area contributed by atoms with E-state index in [1.807, 2.05) is 19.9 Å². The van der Waals surface area contributed by atoms with E-state index in [9.17, 15) is 39.3 Å². The molecule has 366 valence electrons. The fourth-order valence-corrected chi connectivity index (χ4v) is 9.98. The number of piperidine rings is 1. The molecule has 4 rings (SSSR count). The lowest BCUT2D eigenvalue weighted by Crippen LogP contribution is -2.61. The molecule has 0 radical (unpaired) electrons. The number of aliphatic hydroxyl groups is 3. The third-order valence-corrected chi connectivity index (χ3v) is 14.3. The number of aliphatic hydroxyl groups excluding tert-OH is 2. The molecule has 14 heteroatoms. The molecule has 0 unspecified atom stereocenters. The lowest BCUT2D eigenvalue weighted by Gasteiger charge is -2.42. The molecule has 3 fully saturated rings. The van der Waals surface area contributed by atoms with Gasteiger partial charge in [-0.15, -0.1) is 0 Å². The Bertz CT molecular complexity index is 1870. The molecule has 3 heterocycles. The molecule has 1 aliphatic carbocycles. The molecule has 65 heavy (non-hydrogen) atoms. The van der Waals surface area contributed by atoms with Crippen LogP contribution in [0.25, 0.3) is 0 Å². The number of hydrogen-bond acceptors (Lipinski definition) is 13. The van der Waals surface area contributed by atoms with Crippen LogP contribution >= 0.6 is 0 Å². The van der Waals surface area contributed by atoms with E-state index in [0.717, 1.165) is 4.90 Å². The summed E-state index contributed by atoms with van der Waals surface area (Å²) in [5, 5.41) is 33.9. The molecule has 0 spiro atoms. The van der Waals surface area contributed by atoms with E-state index < -0.39 is 90.9 Å². The number of methoxy groups -OCH3 is 3. The summed E-state index contributed by atoms with van der Waals surface area (Å²) in [5.41, 5.74) is 0.882. The molecule has 3 aliphatic heterocycles. The smallest absolute Gasteiger partial charge is 0.329 e. The fraction of sp³-hybridized carbons (Fsp3) is 0.745. The zero-order chi connectivity index (χ0) is 50.7. The zero-order valence-corrected chi connectivity index (χ0v) is 40.1. The van der Waals surface area contributed by atoms with Gasteiger partial charge >= 0.3 is 5.97 Å². The molecule has 1 amide bonds. The number of hydrogen-bond donors (Lipinski definition) is 3. The second kappa shape index (κ2) is 25.1. The minimum Gasteiger partial charge on any atom is -0.460 e. The third kappa shape index (κ3) is 14.3. The monoisotopic (exact) mass is 917 g/mol. The van der Waals surface area contributed by atoms with Crippen molar-refractivity contribution in [1.29, 1.82) is 0 Å². The van der Waals surface area contributed by atoms with Crippen LogP contribution in [-0.2, 0) is 47.7 Å². The summed E-state index contributed by atoms with van der Waals surface area (Å²) in [5.74, 6) is -8.82. The van der Waals surface area contributed by atoms with E-state index in [2.05, 4.69) is 0 Å². The highest BCUT2D eigenvalue weighted by molar-refractivity contribution is 6.39. The van der Waals surface area contributed by atoms with Gasteiger partial charge in [0.2, 0.25) is 5.79 Å². The largest absolute Gasteiger partial charge is 0.460 e. The van der Waals surface area contributed by atoms with E-state index in [1.165, 1.54) is 7.11 Å². The SMILES string of the molecule is [2H]C([2H])([2H])O[C@H]1C[C@@H]2CC[C@@H](C)[C@@](O)(O2)C(=O)C(=O)N2CCCC[C@H]2C(=O)O[C@H]([C@H](C)C[C@@H]2CC[C@@H](O)[C@H](OC)C2)CC(=O)[C@H](C)/C=C(\C)[C@@H](O)[C@@H](OC)C(=O)[C@H](C)C[C@H](C)/C=C/C=CC=C1C. The van der Waals surface area contributed by atoms with Gasteiger partial charge in [0.1, 0.15) is 30.1 Å². The summed E-state index contributed by atoms with van der Waals surface area (Å²) >= 11 is 0. The molecule has 0 aromatic carbocycles. The van der Waals surface area contributed by atoms with Gasteiger partial charge in [0, 0.05) is 58.4 Å². The Morgan fingerprint density at radius 2 is 1.63 bits per heavy atom. The Hall–Kier alpha value is -3.37. The van der Waals surface area contributed by atoms with E-state index in [0.29, 0.717) is 62.5 Å². The Morgan fingerprint density at radius 3 is 2.32 bits per heavy atom. The lowest BCUT2D eigenvalue weighted by atomic mass is 9.78. The molecule has 0 aromatic rings. The van der Waals surface area contributed by atoms with E-state index in [1.54, 1.807) is 72.1 Å². The number of rotatable bonds is 6. The molecule has 0 aromatic heterocycles. The van der Waals surface area contributed by atoms with Gasteiger partial charge < -0.3 is 43.9 Å². The highest BCUT2D eigenvalue weighted by atomic mass is 16.6. The molecular weight excluding hydrogens is 835 g/mol. The summed E-state index contributed by atoms with van der Waals surface area (Å²) in [7, 11) is 0.102. The number of ether oxygens (including phenoxy) is 5. The van der Waals surface area contributed by atoms with E-state index in [4.69, 9.17) is 27.8 Å². The van der Waals surface area contributed by atoms with E-state index >= 15 is 0 Å². The maximum atomic E-state index is 14.4. The minimum atomic E-state index is -2.80. The number of cyclic esters (lactones) is 1. The van der Waals surface area contributed by atoms with Crippen LogP contribution in [0.4, 0.5) is 0 Å². The Balaban J connectivity index is 1.73. The Morgan fingerprint density at radius 1 is 0.892 bits per heavy atom. The predicted molar refractivity (Wildman–Crippen MR) is 245 cm³/mol. The normalized spacial score (nSPS) is 40.0. The maximum absolute atomic E-state index is 14.4. The van der Waals surface area contributed by atoms with Crippen molar-refractivity contribution in [2.45, 2.75) is 180 Å². The molecule has 4 aliphatic rings. The summed E-state index contributed by atoms with van der Waals surface area (Å²) in [6.07, 6.45) is 8.32. The zero-order valence-electron chi connectivity index (χ0n) is 43.1. The quantitative estimate of drug-likeness (QED) is 0.155. The second-order valence-electron chi connectivity index (χ2n) is 19.5. The van der Waals surface area contributed by atoms with Gasteiger partial charge in [0.25, 0.3) is 11.7 Å². The Labute approximate surface area is 391 Å². The maximum Gasteiger partial charge on any atom is 0.329 e. The number of nitrogens with zero attached hydrogens (tertiary/aromatic N) is 1. The predicted octanol–water partition coefficient (Wildman–Crippen LogP) is 6.18. The number of esters is 1. The van der Waals surface area contributed by atoms with E-state index in [-0.39, 0.29) is 67.7 Å². The van der Waals surface area contributed by atoms with Crippen molar-refractivity contribution >= 4 is 29.2 Å². The number of Topliss-reactive ketones (excluding diaryl/α,β-unsaturated/α-hetero) is 3. The van der Waals surface area contributed by atoms with Gasteiger partial charge in [-0.1, -0.05) is 71.1 Å². The number of amides is 1. The lowest BCUT2D eigenvalue weighted by molar-refractivity contribution is -0.265. The van der Waals surface area contributed by atoms with Crippen molar-refractivity contribution in [3.63, 3.8) is 0 Å². The molecular formula is C51H79NO13. The van der Waals surface area contributed by atoms with Crippen molar-refractivity contribution < 1.29 is 67.1 Å². The topological polar surface area (TPSA) is 195 Å². The van der Waals surface area contributed by atoms with Crippen LogP contribution in [0.5, 0.6) is 0 Å². The van der Waals surface area contributed by atoms with Gasteiger partial charge in [-0.3, -0.25) is 19.2 Å². The van der Waals surface area contributed by atoms with Crippen LogP contribution in [0.2, 0.25) is 0 Å². The van der Waals surface area contributed by atoms with Crippen molar-refractivity contribution in [1.82, 2.24) is 4.90 Å². The second-order valence-corrected chi connectivity index (χ2v) is 19.5. The average molecular weight is 917 g/mol. The van der Waals surface area contributed by atoms with Crippen molar-refractivity contribution in [2.24, 2.45) is 35.5 Å².